The first-order chi connectivity index (χ1) is 9.13. The van der Waals surface area contributed by atoms with Crippen LogP contribution in [0.3, 0.4) is 0 Å². The molecule has 1 aromatic carbocycles. The van der Waals surface area contributed by atoms with E-state index in [0.717, 1.165) is 0 Å². The third-order valence-electron chi connectivity index (χ3n) is 2.66. The van der Waals surface area contributed by atoms with Gasteiger partial charge in [-0.05, 0) is 19.1 Å². The molecule has 6 nitrogen and oxygen atoms in total. The van der Waals surface area contributed by atoms with Gasteiger partial charge in [-0.1, -0.05) is 12.1 Å². The summed E-state index contributed by atoms with van der Waals surface area (Å²) < 4.78 is 4.66. The number of nitrogens with one attached hydrogen (secondary N) is 2. The minimum absolute atomic E-state index is 0.305. The maximum Gasteiger partial charge on any atom is 0.339 e. The molecule has 19 heavy (non-hydrogen) atoms. The van der Waals surface area contributed by atoms with Crippen LogP contribution in [0.25, 0.3) is 0 Å². The first-order valence-electron chi connectivity index (χ1n) is 5.62. The summed E-state index contributed by atoms with van der Waals surface area (Å²) in [7, 11) is 1.29. The number of hydrogen-bond acceptors (Lipinski definition) is 4. The van der Waals surface area contributed by atoms with Crippen molar-refractivity contribution < 1.29 is 14.3 Å². The number of methoxy groups -OCH3 is 1. The number of hydrogen-bond donors (Lipinski definition) is 2. The molecule has 0 saturated heterocycles. The van der Waals surface area contributed by atoms with Gasteiger partial charge in [0.05, 0.1) is 30.1 Å². The summed E-state index contributed by atoms with van der Waals surface area (Å²) in [6.45, 7) is 1.74. The van der Waals surface area contributed by atoms with Crippen LogP contribution in [0.15, 0.2) is 30.5 Å². The molecule has 0 bridgehead atoms. The van der Waals surface area contributed by atoms with Gasteiger partial charge in [0.15, 0.2) is 0 Å². The second kappa shape index (κ2) is 5.34. The van der Waals surface area contributed by atoms with Gasteiger partial charge in [0.1, 0.15) is 0 Å². The fourth-order valence-corrected chi connectivity index (χ4v) is 1.65. The Labute approximate surface area is 109 Å². The summed E-state index contributed by atoms with van der Waals surface area (Å²) in [5, 5.41) is 9.13. The molecule has 0 saturated carbocycles. The molecule has 98 valence electrons. The van der Waals surface area contributed by atoms with Crippen molar-refractivity contribution in [2.45, 2.75) is 6.92 Å². The zero-order chi connectivity index (χ0) is 13.8. The number of aryl methyl sites for hydroxylation is 1. The molecular formula is C13H13N3O3. The molecule has 2 aromatic rings. The second-order valence-corrected chi connectivity index (χ2v) is 3.90. The Morgan fingerprint density at radius 1 is 1.26 bits per heavy atom. The average molecular weight is 259 g/mol. The minimum atomic E-state index is -0.500. The molecule has 0 aliphatic rings. The van der Waals surface area contributed by atoms with Gasteiger partial charge in [-0.2, -0.15) is 5.10 Å². The number of amides is 1. The van der Waals surface area contributed by atoms with E-state index in [-0.39, 0.29) is 5.91 Å². The molecule has 1 aromatic heterocycles. The van der Waals surface area contributed by atoms with E-state index in [0.29, 0.717) is 22.5 Å². The molecular weight excluding hydrogens is 246 g/mol. The van der Waals surface area contributed by atoms with E-state index in [1.54, 1.807) is 31.2 Å². The summed E-state index contributed by atoms with van der Waals surface area (Å²) in [5.74, 6) is -0.831. The lowest BCUT2D eigenvalue weighted by Crippen LogP contribution is -2.15. The molecule has 2 rings (SSSR count). The molecule has 0 unspecified atom stereocenters. The van der Waals surface area contributed by atoms with Crippen molar-refractivity contribution in [3.05, 3.63) is 47.3 Å². The number of carbonyl (C=O) groups excluding carboxylic acids is 2. The largest absolute Gasteiger partial charge is 0.465 e. The zero-order valence-electron chi connectivity index (χ0n) is 10.6. The smallest absolute Gasteiger partial charge is 0.339 e. The van der Waals surface area contributed by atoms with Crippen LogP contribution in [-0.4, -0.2) is 29.2 Å². The molecule has 0 aliphatic heterocycles. The van der Waals surface area contributed by atoms with Crippen molar-refractivity contribution in [1.82, 2.24) is 10.2 Å². The average Bonchev–Trinajstić information content (AvgIpc) is 2.85. The highest BCUT2D eigenvalue weighted by Crippen LogP contribution is 2.17. The van der Waals surface area contributed by atoms with Crippen molar-refractivity contribution in [3.8, 4) is 0 Å². The van der Waals surface area contributed by atoms with E-state index in [1.807, 2.05) is 0 Å². The van der Waals surface area contributed by atoms with Gasteiger partial charge in [-0.25, -0.2) is 4.79 Å². The number of anilines is 1. The minimum Gasteiger partial charge on any atom is -0.465 e. The number of para-hydroxylation sites is 1. The number of H-pyrrole nitrogens is 1. The van der Waals surface area contributed by atoms with Crippen LogP contribution in [0.4, 0.5) is 5.69 Å². The first kappa shape index (κ1) is 12.8. The predicted octanol–water partition coefficient (Wildman–Crippen LogP) is 1.76. The number of ether oxygens (including phenoxy) is 1. The highest BCUT2D eigenvalue weighted by molar-refractivity contribution is 6.08. The molecule has 0 fully saturated rings. The molecule has 1 amide bonds. The summed E-state index contributed by atoms with van der Waals surface area (Å²) >= 11 is 0. The Hall–Kier alpha value is -2.63. The van der Waals surface area contributed by atoms with Gasteiger partial charge in [0.2, 0.25) is 0 Å². The molecule has 0 radical (unpaired) electrons. The maximum absolute atomic E-state index is 12.0. The highest BCUT2D eigenvalue weighted by Gasteiger charge is 2.16. The topological polar surface area (TPSA) is 84.1 Å². The van der Waals surface area contributed by atoms with Crippen molar-refractivity contribution in [3.63, 3.8) is 0 Å². The SMILES string of the molecule is COC(=O)c1ccccc1NC(=O)c1cn[nH]c1C. The van der Waals surface area contributed by atoms with E-state index < -0.39 is 5.97 Å². The number of esters is 1. The van der Waals surface area contributed by atoms with Crippen LogP contribution in [0.2, 0.25) is 0 Å². The fourth-order valence-electron chi connectivity index (χ4n) is 1.65. The highest BCUT2D eigenvalue weighted by atomic mass is 16.5. The molecule has 2 N–H and O–H groups in total. The lowest BCUT2D eigenvalue weighted by molar-refractivity contribution is 0.0602. The number of rotatable bonds is 3. The maximum atomic E-state index is 12.0. The Bertz CT molecular complexity index is 619. The molecule has 0 atom stereocenters. The number of benzene rings is 1. The summed E-state index contributed by atoms with van der Waals surface area (Å²) in [6.07, 6.45) is 1.44. The van der Waals surface area contributed by atoms with Gasteiger partial charge in [0.25, 0.3) is 5.91 Å². The molecule has 0 aliphatic carbocycles. The summed E-state index contributed by atoms with van der Waals surface area (Å²) in [4.78, 5) is 23.6. The normalized spacial score (nSPS) is 10.0. The van der Waals surface area contributed by atoms with Crippen molar-refractivity contribution in [2.24, 2.45) is 0 Å². The van der Waals surface area contributed by atoms with Crippen molar-refractivity contribution in [2.75, 3.05) is 12.4 Å². The Balaban J connectivity index is 2.27. The fraction of sp³-hybridized carbons (Fsp3) is 0.154. The van der Waals surface area contributed by atoms with E-state index >= 15 is 0 Å². The van der Waals surface area contributed by atoms with E-state index in [1.165, 1.54) is 13.3 Å². The van der Waals surface area contributed by atoms with Gasteiger partial charge in [0, 0.05) is 5.69 Å². The second-order valence-electron chi connectivity index (χ2n) is 3.90. The predicted molar refractivity (Wildman–Crippen MR) is 69.1 cm³/mol. The van der Waals surface area contributed by atoms with Crippen molar-refractivity contribution in [1.29, 1.82) is 0 Å². The van der Waals surface area contributed by atoms with Gasteiger partial charge < -0.3 is 10.1 Å². The standard InChI is InChI=1S/C13H13N3O3/c1-8-10(7-14-16-8)12(17)15-11-6-4-3-5-9(11)13(18)19-2/h3-7H,1-2H3,(H,14,16)(H,15,17). The van der Waals surface area contributed by atoms with Gasteiger partial charge >= 0.3 is 5.97 Å². The van der Waals surface area contributed by atoms with E-state index in [9.17, 15) is 9.59 Å². The molecule has 1 heterocycles. The monoisotopic (exact) mass is 259 g/mol. The van der Waals surface area contributed by atoms with E-state index in [4.69, 9.17) is 0 Å². The molecule has 6 heteroatoms. The number of aromatic amines is 1. The lowest BCUT2D eigenvalue weighted by atomic mass is 10.1. The van der Waals surface area contributed by atoms with Crippen LogP contribution in [-0.2, 0) is 4.74 Å². The third kappa shape index (κ3) is 2.62. The van der Waals surface area contributed by atoms with Gasteiger partial charge in [-0.3, -0.25) is 9.89 Å². The van der Waals surface area contributed by atoms with Crippen molar-refractivity contribution >= 4 is 17.6 Å². The number of nitrogens with zero attached hydrogens (tertiary/aromatic N) is 1. The summed E-state index contributed by atoms with van der Waals surface area (Å²) in [6, 6.07) is 6.65. The van der Waals surface area contributed by atoms with Crippen LogP contribution < -0.4 is 5.32 Å². The quantitative estimate of drug-likeness (QED) is 0.822. The van der Waals surface area contributed by atoms with Crippen LogP contribution in [0.1, 0.15) is 26.4 Å². The third-order valence-corrected chi connectivity index (χ3v) is 2.66. The zero-order valence-corrected chi connectivity index (χ0v) is 10.6. The van der Waals surface area contributed by atoms with Crippen LogP contribution in [0.5, 0.6) is 0 Å². The Morgan fingerprint density at radius 2 is 2.00 bits per heavy atom. The first-order valence-corrected chi connectivity index (χ1v) is 5.62. The Kier molecular flexibility index (Phi) is 3.61. The number of aromatic nitrogens is 2. The van der Waals surface area contributed by atoms with Gasteiger partial charge in [-0.15, -0.1) is 0 Å². The molecule has 0 spiro atoms. The van der Waals surface area contributed by atoms with E-state index in [2.05, 4.69) is 20.3 Å². The van der Waals surface area contributed by atoms with Crippen LogP contribution >= 0.6 is 0 Å². The lowest BCUT2D eigenvalue weighted by Gasteiger charge is -2.08. The van der Waals surface area contributed by atoms with Crippen LogP contribution in [0, 0.1) is 6.92 Å². The number of carbonyl (C=O) groups is 2. The summed E-state index contributed by atoms with van der Waals surface area (Å²) in [5.41, 5.74) is 1.80. The Morgan fingerprint density at radius 3 is 2.63 bits per heavy atom.